The second-order valence-corrected chi connectivity index (χ2v) is 6.22. The van der Waals surface area contributed by atoms with Crippen molar-refractivity contribution in [3.8, 4) is 0 Å². The highest BCUT2D eigenvalue weighted by atomic mass is 16.5. The molecule has 2 N–H and O–H groups in total. The molecular formula is C16H31N3O2. The molecule has 0 aromatic heterocycles. The summed E-state index contributed by atoms with van der Waals surface area (Å²) >= 11 is 0. The second kappa shape index (κ2) is 8.71. The third-order valence-electron chi connectivity index (χ3n) is 5.00. The first-order valence-corrected chi connectivity index (χ1v) is 8.56. The molecule has 1 saturated carbocycles. The van der Waals surface area contributed by atoms with Crippen molar-refractivity contribution in [2.24, 2.45) is 11.7 Å². The van der Waals surface area contributed by atoms with E-state index >= 15 is 0 Å². The lowest BCUT2D eigenvalue weighted by atomic mass is 10.0. The number of carbonyl (C=O) groups excluding carboxylic acids is 1. The maximum Gasteiger partial charge on any atom is 0.222 e. The van der Waals surface area contributed by atoms with Crippen LogP contribution in [0.4, 0.5) is 0 Å². The van der Waals surface area contributed by atoms with E-state index in [0.29, 0.717) is 31.6 Å². The molecule has 0 spiro atoms. The summed E-state index contributed by atoms with van der Waals surface area (Å²) in [5.41, 5.74) is 5.89. The lowest BCUT2D eigenvalue weighted by Crippen LogP contribution is -2.42. The molecule has 2 fully saturated rings. The molecule has 1 aliphatic heterocycles. The summed E-state index contributed by atoms with van der Waals surface area (Å²) in [6.45, 7) is 7.99. The van der Waals surface area contributed by atoms with Crippen LogP contribution in [-0.2, 0) is 9.53 Å². The molecule has 0 radical (unpaired) electrons. The summed E-state index contributed by atoms with van der Waals surface area (Å²) in [6, 6.07) is 0.637. The monoisotopic (exact) mass is 297 g/mol. The minimum absolute atomic E-state index is 0.288. The molecule has 21 heavy (non-hydrogen) atoms. The molecule has 1 heterocycles. The Bertz CT molecular complexity index is 319. The van der Waals surface area contributed by atoms with Crippen LogP contribution in [-0.4, -0.2) is 67.7 Å². The number of morpholine rings is 1. The highest BCUT2D eigenvalue weighted by Gasteiger charge is 2.30. The van der Waals surface area contributed by atoms with E-state index in [1.54, 1.807) is 0 Å². The fourth-order valence-corrected chi connectivity index (χ4v) is 3.74. The number of hydrogen-bond acceptors (Lipinski definition) is 4. The first kappa shape index (κ1) is 16.7. The van der Waals surface area contributed by atoms with Gasteiger partial charge in [0, 0.05) is 25.6 Å². The van der Waals surface area contributed by atoms with Crippen molar-refractivity contribution < 1.29 is 9.53 Å². The van der Waals surface area contributed by atoms with Gasteiger partial charge in [0.25, 0.3) is 0 Å². The minimum atomic E-state index is 0.288. The number of nitrogens with zero attached hydrogens (tertiary/aromatic N) is 2. The van der Waals surface area contributed by atoms with Crippen LogP contribution in [0.25, 0.3) is 0 Å². The van der Waals surface area contributed by atoms with Crippen molar-refractivity contribution in [3.05, 3.63) is 0 Å². The van der Waals surface area contributed by atoms with Gasteiger partial charge in [0.05, 0.1) is 13.2 Å². The van der Waals surface area contributed by atoms with Gasteiger partial charge in [-0.15, -0.1) is 0 Å². The van der Waals surface area contributed by atoms with Crippen LogP contribution in [0.3, 0.4) is 0 Å². The Morgan fingerprint density at radius 1 is 1.33 bits per heavy atom. The molecule has 0 bridgehead atoms. The Labute approximate surface area is 128 Å². The van der Waals surface area contributed by atoms with Gasteiger partial charge in [-0.1, -0.05) is 13.3 Å². The van der Waals surface area contributed by atoms with E-state index in [9.17, 15) is 4.79 Å². The standard InChI is InChI=1S/C16H31N3O2/c1-2-18(15-6-3-5-14(15)13-17)8-4-7-16(20)19-9-11-21-12-10-19/h14-15H,2-13,17H2,1H3. The van der Waals surface area contributed by atoms with Crippen molar-refractivity contribution in [2.45, 2.75) is 45.1 Å². The van der Waals surface area contributed by atoms with Crippen molar-refractivity contribution in [1.82, 2.24) is 9.80 Å². The van der Waals surface area contributed by atoms with E-state index in [0.717, 1.165) is 39.1 Å². The van der Waals surface area contributed by atoms with E-state index in [2.05, 4.69) is 11.8 Å². The Morgan fingerprint density at radius 3 is 2.76 bits per heavy atom. The van der Waals surface area contributed by atoms with Crippen LogP contribution in [0.5, 0.6) is 0 Å². The lowest BCUT2D eigenvalue weighted by molar-refractivity contribution is -0.135. The van der Waals surface area contributed by atoms with Gasteiger partial charge in [0.2, 0.25) is 5.91 Å². The zero-order valence-corrected chi connectivity index (χ0v) is 13.4. The molecule has 1 amide bonds. The Balaban J connectivity index is 1.71. The first-order chi connectivity index (χ1) is 10.3. The summed E-state index contributed by atoms with van der Waals surface area (Å²) in [4.78, 5) is 16.6. The van der Waals surface area contributed by atoms with Gasteiger partial charge >= 0.3 is 0 Å². The highest BCUT2D eigenvalue weighted by Crippen LogP contribution is 2.29. The third-order valence-corrected chi connectivity index (χ3v) is 5.00. The van der Waals surface area contributed by atoms with Gasteiger partial charge in [-0.05, 0) is 44.8 Å². The predicted octanol–water partition coefficient (Wildman–Crippen LogP) is 1.07. The summed E-state index contributed by atoms with van der Waals surface area (Å²) in [5.74, 6) is 0.941. The molecule has 2 rings (SSSR count). The average molecular weight is 297 g/mol. The highest BCUT2D eigenvalue weighted by molar-refractivity contribution is 5.76. The zero-order chi connectivity index (χ0) is 15.1. The van der Waals surface area contributed by atoms with Crippen molar-refractivity contribution in [2.75, 3.05) is 45.9 Å². The van der Waals surface area contributed by atoms with E-state index in [1.165, 1.54) is 19.3 Å². The number of nitrogens with two attached hydrogens (primary N) is 1. The van der Waals surface area contributed by atoms with Gasteiger partial charge in [0.1, 0.15) is 0 Å². The van der Waals surface area contributed by atoms with Crippen LogP contribution in [0, 0.1) is 5.92 Å². The average Bonchev–Trinajstić information content (AvgIpc) is 3.00. The number of amides is 1. The van der Waals surface area contributed by atoms with Gasteiger partial charge in [0.15, 0.2) is 0 Å². The fourth-order valence-electron chi connectivity index (χ4n) is 3.74. The molecule has 1 saturated heterocycles. The minimum Gasteiger partial charge on any atom is -0.378 e. The number of carbonyl (C=O) groups is 1. The Morgan fingerprint density at radius 2 is 2.10 bits per heavy atom. The fraction of sp³-hybridized carbons (Fsp3) is 0.938. The topological polar surface area (TPSA) is 58.8 Å². The van der Waals surface area contributed by atoms with Gasteiger partial charge in [-0.25, -0.2) is 0 Å². The summed E-state index contributed by atoms with van der Waals surface area (Å²) < 4.78 is 5.29. The maximum atomic E-state index is 12.1. The molecule has 0 aromatic carbocycles. The molecule has 1 aliphatic carbocycles. The molecule has 2 aliphatic rings. The van der Waals surface area contributed by atoms with Gasteiger partial charge in [-0.2, -0.15) is 0 Å². The molecule has 2 atom stereocenters. The smallest absolute Gasteiger partial charge is 0.222 e. The SMILES string of the molecule is CCN(CCCC(=O)N1CCOCC1)C1CCCC1CN. The van der Waals surface area contributed by atoms with Gasteiger partial charge in [-0.3, -0.25) is 4.79 Å². The second-order valence-electron chi connectivity index (χ2n) is 6.22. The van der Waals surface area contributed by atoms with E-state index in [-0.39, 0.29) is 5.91 Å². The van der Waals surface area contributed by atoms with E-state index < -0.39 is 0 Å². The van der Waals surface area contributed by atoms with Crippen LogP contribution < -0.4 is 5.73 Å². The van der Waals surface area contributed by atoms with E-state index in [1.807, 2.05) is 4.90 Å². The maximum absolute atomic E-state index is 12.1. The number of ether oxygens (including phenoxy) is 1. The predicted molar refractivity (Wildman–Crippen MR) is 84.1 cm³/mol. The molecule has 122 valence electrons. The normalized spacial score (nSPS) is 26.5. The first-order valence-electron chi connectivity index (χ1n) is 8.56. The Hall–Kier alpha value is -0.650. The quantitative estimate of drug-likeness (QED) is 0.764. The van der Waals surface area contributed by atoms with Crippen LogP contribution in [0.1, 0.15) is 39.0 Å². The largest absolute Gasteiger partial charge is 0.378 e. The molecular weight excluding hydrogens is 266 g/mol. The molecule has 0 aromatic rings. The van der Waals surface area contributed by atoms with Crippen molar-refractivity contribution in [3.63, 3.8) is 0 Å². The van der Waals surface area contributed by atoms with Crippen LogP contribution in [0.15, 0.2) is 0 Å². The zero-order valence-electron chi connectivity index (χ0n) is 13.4. The van der Waals surface area contributed by atoms with Crippen molar-refractivity contribution in [1.29, 1.82) is 0 Å². The molecule has 5 nitrogen and oxygen atoms in total. The third kappa shape index (κ3) is 4.66. The molecule has 5 heteroatoms. The number of hydrogen-bond donors (Lipinski definition) is 1. The Kier molecular flexibility index (Phi) is 6.93. The summed E-state index contributed by atoms with van der Waals surface area (Å²) in [6.07, 6.45) is 5.46. The van der Waals surface area contributed by atoms with Crippen LogP contribution >= 0.6 is 0 Å². The lowest BCUT2D eigenvalue weighted by Gasteiger charge is -2.32. The number of rotatable bonds is 7. The van der Waals surface area contributed by atoms with Crippen LogP contribution in [0.2, 0.25) is 0 Å². The summed E-state index contributed by atoms with van der Waals surface area (Å²) in [5, 5.41) is 0. The van der Waals surface area contributed by atoms with E-state index in [4.69, 9.17) is 10.5 Å². The molecule has 2 unspecified atom stereocenters. The van der Waals surface area contributed by atoms with Crippen molar-refractivity contribution >= 4 is 5.91 Å². The van der Waals surface area contributed by atoms with Gasteiger partial charge < -0.3 is 20.3 Å². The summed E-state index contributed by atoms with van der Waals surface area (Å²) in [7, 11) is 0.